The van der Waals surface area contributed by atoms with Crippen LogP contribution in [0.1, 0.15) is 36.8 Å². The molecule has 1 unspecified atom stereocenters. The van der Waals surface area contributed by atoms with Crippen LogP contribution in [-0.4, -0.2) is 27.4 Å². The molecule has 2 aliphatic rings. The van der Waals surface area contributed by atoms with E-state index >= 15 is 0 Å². The molecule has 0 bridgehead atoms. The molecule has 5 nitrogen and oxygen atoms in total. The third kappa shape index (κ3) is 4.90. The van der Waals surface area contributed by atoms with Crippen LogP contribution in [-0.2, 0) is 15.8 Å². The number of fused-ring (bicyclic) bond motifs is 1. The van der Waals surface area contributed by atoms with Gasteiger partial charge in [-0.25, -0.2) is 9.37 Å². The van der Waals surface area contributed by atoms with Gasteiger partial charge < -0.3 is 10.4 Å². The molecule has 37 heavy (non-hydrogen) atoms. The third-order valence-corrected chi connectivity index (χ3v) is 7.96. The number of benzene rings is 2. The van der Waals surface area contributed by atoms with E-state index in [-0.39, 0.29) is 22.9 Å². The first kappa shape index (κ1) is 25.1. The van der Waals surface area contributed by atoms with Gasteiger partial charge in [-0.3, -0.25) is 9.59 Å². The van der Waals surface area contributed by atoms with Crippen LogP contribution >= 0.6 is 11.3 Å². The van der Waals surface area contributed by atoms with Gasteiger partial charge in [-0.15, -0.1) is 0 Å². The lowest BCUT2D eigenvalue weighted by Crippen LogP contribution is -2.49. The summed E-state index contributed by atoms with van der Waals surface area (Å²) in [6.07, 6.45) is 2.17. The molecule has 192 valence electrons. The number of carboxylic acids is 1. The maximum Gasteiger partial charge on any atom is 0.416 e. The normalized spacial score (nSPS) is 23.7. The highest BCUT2D eigenvalue weighted by Crippen LogP contribution is 2.41. The molecular weight excluding hydrogens is 508 g/mol. The lowest BCUT2D eigenvalue weighted by atomic mass is 9.76. The zero-order chi connectivity index (χ0) is 26.4. The van der Waals surface area contributed by atoms with E-state index in [9.17, 15) is 32.3 Å². The number of hydrogen-bond donors (Lipinski definition) is 2. The van der Waals surface area contributed by atoms with Crippen LogP contribution in [0.15, 0.2) is 60.7 Å². The molecule has 0 amide bonds. The van der Waals surface area contributed by atoms with E-state index in [0.717, 1.165) is 23.5 Å². The Morgan fingerprint density at radius 2 is 1.89 bits per heavy atom. The van der Waals surface area contributed by atoms with Gasteiger partial charge in [-0.05, 0) is 54.3 Å². The van der Waals surface area contributed by atoms with Crippen LogP contribution in [0.3, 0.4) is 0 Å². The van der Waals surface area contributed by atoms with Gasteiger partial charge in [0, 0.05) is 12.3 Å². The molecule has 0 spiro atoms. The van der Waals surface area contributed by atoms with Gasteiger partial charge in [0.1, 0.15) is 11.4 Å². The number of anilines is 1. The van der Waals surface area contributed by atoms with Gasteiger partial charge in [0.15, 0.2) is 10.9 Å². The summed E-state index contributed by atoms with van der Waals surface area (Å²) >= 11 is 1.11. The average molecular weight is 531 g/mol. The summed E-state index contributed by atoms with van der Waals surface area (Å²) in [6, 6.07) is 9.31. The predicted octanol–water partition coefficient (Wildman–Crippen LogP) is 6.72. The highest BCUT2D eigenvalue weighted by molar-refractivity contribution is 7.22. The van der Waals surface area contributed by atoms with Crippen molar-refractivity contribution in [2.45, 2.75) is 37.4 Å². The van der Waals surface area contributed by atoms with Crippen molar-refractivity contribution in [1.29, 1.82) is 0 Å². The highest BCUT2D eigenvalue weighted by Gasteiger charge is 2.47. The van der Waals surface area contributed by atoms with Crippen molar-refractivity contribution in [3.63, 3.8) is 0 Å². The van der Waals surface area contributed by atoms with E-state index < -0.39 is 40.9 Å². The second kappa shape index (κ2) is 9.41. The minimum absolute atomic E-state index is 0.140. The number of carbonyl (C=O) groups is 2. The van der Waals surface area contributed by atoms with Crippen molar-refractivity contribution in [3.05, 3.63) is 77.6 Å². The van der Waals surface area contributed by atoms with Crippen molar-refractivity contribution in [2.75, 3.05) is 5.32 Å². The Morgan fingerprint density at radius 3 is 2.57 bits per heavy atom. The molecule has 5 rings (SSSR count). The van der Waals surface area contributed by atoms with Crippen molar-refractivity contribution < 1.29 is 32.3 Å². The number of hydrogen-bond acceptors (Lipinski definition) is 5. The second-order valence-electron chi connectivity index (χ2n) is 9.35. The van der Waals surface area contributed by atoms with Crippen LogP contribution in [0.25, 0.3) is 15.8 Å². The lowest BCUT2D eigenvalue weighted by Gasteiger charge is -2.35. The predicted molar refractivity (Wildman–Crippen MR) is 133 cm³/mol. The molecule has 1 fully saturated rings. The SMILES string of the molecule is O=C(O)[C@@H]1CCC[C@H]1C(=O)C1(Nc2nc3cc(C(F)(F)F)ccc3s2)C=CC(c2cccc(F)c2)=CC1. The smallest absolute Gasteiger partial charge is 0.416 e. The average Bonchev–Trinajstić information content (AvgIpc) is 3.50. The monoisotopic (exact) mass is 530 g/mol. The summed E-state index contributed by atoms with van der Waals surface area (Å²) in [5.74, 6) is -3.26. The third-order valence-electron chi connectivity index (χ3n) is 7.00. The van der Waals surface area contributed by atoms with Gasteiger partial charge in [0.05, 0.1) is 21.7 Å². The van der Waals surface area contributed by atoms with E-state index in [1.54, 1.807) is 30.4 Å². The van der Waals surface area contributed by atoms with E-state index in [4.69, 9.17) is 0 Å². The van der Waals surface area contributed by atoms with Crippen LogP contribution in [0.5, 0.6) is 0 Å². The number of halogens is 4. The number of aromatic nitrogens is 1. The Balaban J connectivity index is 1.51. The van der Waals surface area contributed by atoms with Crippen LogP contribution in [0.4, 0.5) is 22.7 Å². The van der Waals surface area contributed by atoms with Crippen LogP contribution in [0.2, 0.25) is 0 Å². The number of allylic oxidation sites excluding steroid dienone is 2. The number of thiazole rings is 1. The van der Waals surface area contributed by atoms with Crippen LogP contribution in [0, 0.1) is 17.7 Å². The second-order valence-corrected chi connectivity index (χ2v) is 10.4. The zero-order valence-corrected chi connectivity index (χ0v) is 20.2. The number of rotatable bonds is 6. The van der Waals surface area contributed by atoms with Gasteiger partial charge in [0.25, 0.3) is 0 Å². The maximum atomic E-state index is 13.9. The standard InChI is InChI=1S/C27H22F4N2O3S/c28-18-4-1-3-16(13-18)15-9-11-26(12-10-15,23(34)19-5-2-6-20(19)24(35)36)33-25-32-21-14-17(27(29,30)31)7-8-22(21)37-25/h1,3-4,7-11,13-14,19-20H,2,5-6,12H2,(H,32,33)(H,35,36)/t19-,20-,26?/m1/s1. The fraction of sp³-hybridized carbons (Fsp3) is 0.296. The van der Waals surface area contributed by atoms with Crippen molar-refractivity contribution in [2.24, 2.45) is 11.8 Å². The fourth-order valence-electron chi connectivity index (χ4n) is 5.11. The number of carbonyl (C=O) groups excluding carboxylic acids is 1. The van der Waals surface area contributed by atoms with Crippen LogP contribution < -0.4 is 5.32 Å². The van der Waals surface area contributed by atoms with Gasteiger partial charge in [-0.2, -0.15) is 13.2 Å². The molecule has 0 saturated heterocycles. The minimum Gasteiger partial charge on any atom is -0.481 e. The molecule has 0 radical (unpaired) electrons. The summed E-state index contributed by atoms with van der Waals surface area (Å²) in [7, 11) is 0. The molecular formula is C27H22F4N2O3S. The number of ketones is 1. The van der Waals surface area contributed by atoms with Crippen molar-refractivity contribution in [3.8, 4) is 0 Å². The molecule has 1 heterocycles. The maximum absolute atomic E-state index is 13.9. The molecule has 1 saturated carbocycles. The molecule has 3 aromatic rings. The van der Waals surface area contributed by atoms with E-state index in [1.165, 1.54) is 18.2 Å². The van der Waals surface area contributed by atoms with Gasteiger partial charge in [-0.1, -0.05) is 48.1 Å². The number of Topliss-reactive ketones (excluding diaryl/α,β-unsaturated/α-hetero) is 1. The molecule has 10 heteroatoms. The summed E-state index contributed by atoms with van der Waals surface area (Å²) in [5, 5.41) is 13.1. The topological polar surface area (TPSA) is 79.3 Å². The highest BCUT2D eigenvalue weighted by atomic mass is 32.1. The largest absolute Gasteiger partial charge is 0.481 e. The Labute approximate surface area is 213 Å². The zero-order valence-electron chi connectivity index (χ0n) is 19.4. The van der Waals surface area contributed by atoms with E-state index in [1.807, 2.05) is 0 Å². The molecule has 3 atom stereocenters. The van der Waals surface area contributed by atoms with Crippen molar-refractivity contribution >= 4 is 44.0 Å². The van der Waals surface area contributed by atoms with Crippen molar-refractivity contribution in [1.82, 2.24) is 4.98 Å². The summed E-state index contributed by atoms with van der Waals surface area (Å²) in [6.45, 7) is 0. The first-order chi connectivity index (χ1) is 17.6. The summed E-state index contributed by atoms with van der Waals surface area (Å²) < 4.78 is 53.8. The minimum atomic E-state index is -4.51. The number of carboxylic acid groups (broad SMARTS) is 1. The van der Waals surface area contributed by atoms with Gasteiger partial charge in [0.2, 0.25) is 0 Å². The van der Waals surface area contributed by atoms with E-state index in [0.29, 0.717) is 35.1 Å². The molecule has 0 aliphatic heterocycles. The Hall–Kier alpha value is -3.53. The quantitative estimate of drug-likeness (QED) is 0.346. The number of nitrogens with zero attached hydrogens (tertiary/aromatic N) is 1. The first-order valence-electron chi connectivity index (χ1n) is 11.7. The molecule has 1 aromatic heterocycles. The Kier molecular flexibility index (Phi) is 6.39. The number of alkyl halides is 3. The van der Waals surface area contributed by atoms with Gasteiger partial charge >= 0.3 is 12.1 Å². The fourth-order valence-corrected chi connectivity index (χ4v) is 6.04. The summed E-state index contributed by atoms with van der Waals surface area (Å²) in [5.41, 5.74) is -0.699. The molecule has 2 aromatic carbocycles. The van der Waals surface area contributed by atoms with E-state index in [2.05, 4.69) is 10.3 Å². The molecule has 2 aliphatic carbocycles. The molecule has 2 N–H and O–H groups in total. The number of nitrogens with one attached hydrogen (secondary N) is 1. The first-order valence-corrected chi connectivity index (χ1v) is 12.6. The Bertz CT molecular complexity index is 1440. The number of aliphatic carboxylic acids is 1. The Morgan fingerprint density at radius 1 is 1.11 bits per heavy atom. The lowest BCUT2D eigenvalue weighted by molar-refractivity contribution is -0.146. The summed E-state index contributed by atoms with van der Waals surface area (Å²) in [4.78, 5) is 30.0.